The molecule has 1 unspecified atom stereocenters. The highest BCUT2D eigenvalue weighted by atomic mass is 127. The molecule has 0 fully saturated rings. The lowest BCUT2D eigenvalue weighted by Crippen LogP contribution is -2.45. The third-order valence-corrected chi connectivity index (χ3v) is 4.24. The molecule has 0 heterocycles. The minimum atomic E-state index is -1.34. The van der Waals surface area contributed by atoms with Crippen LogP contribution in [0, 0.1) is 21.0 Å². The standard InChI is InChI=1S/C17H17F3INO3/c1-17(2,16(24)9-23)25-22(11-4-5-12(18)13(19)8-11)15-6-3-10(21)7-14(15)20/h3-8,16,23-24H,9H2,1-2H3. The van der Waals surface area contributed by atoms with Crippen LogP contribution in [0.3, 0.4) is 0 Å². The molecule has 0 aromatic heterocycles. The van der Waals surface area contributed by atoms with Crippen molar-refractivity contribution in [1.29, 1.82) is 0 Å². The van der Waals surface area contributed by atoms with E-state index >= 15 is 0 Å². The Kier molecular flexibility index (Phi) is 6.30. The topological polar surface area (TPSA) is 52.9 Å². The van der Waals surface area contributed by atoms with E-state index in [0.29, 0.717) is 3.57 Å². The summed E-state index contributed by atoms with van der Waals surface area (Å²) in [5.74, 6) is -2.83. The normalized spacial score (nSPS) is 13.0. The summed E-state index contributed by atoms with van der Waals surface area (Å²) >= 11 is 1.93. The number of nitrogens with zero attached hydrogens (tertiary/aromatic N) is 1. The molecule has 2 rings (SSSR count). The van der Waals surface area contributed by atoms with Crippen LogP contribution in [0.1, 0.15) is 13.8 Å². The van der Waals surface area contributed by atoms with Crippen LogP contribution in [0.5, 0.6) is 0 Å². The van der Waals surface area contributed by atoms with E-state index in [1.807, 2.05) is 22.6 Å². The number of halogens is 4. The number of rotatable bonds is 6. The molecule has 2 aromatic rings. The van der Waals surface area contributed by atoms with Gasteiger partial charge in [-0.1, -0.05) is 0 Å². The molecule has 2 aromatic carbocycles. The number of aliphatic hydroxyl groups excluding tert-OH is 2. The van der Waals surface area contributed by atoms with E-state index in [4.69, 9.17) is 9.94 Å². The van der Waals surface area contributed by atoms with Crippen LogP contribution < -0.4 is 5.06 Å². The quantitative estimate of drug-likeness (QED) is 0.500. The Morgan fingerprint density at radius 1 is 1.08 bits per heavy atom. The van der Waals surface area contributed by atoms with Gasteiger partial charge in [0.2, 0.25) is 0 Å². The first-order valence-corrected chi connectivity index (χ1v) is 8.42. The lowest BCUT2D eigenvalue weighted by atomic mass is 10.0. The van der Waals surface area contributed by atoms with Crippen molar-refractivity contribution in [2.75, 3.05) is 11.7 Å². The lowest BCUT2D eigenvalue weighted by Gasteiger charge is -2.36. The Hall–Kier alpha value is -1.36. The maximum absolute atomic E-state index is 14.4. The van der Waals surface area contributed by atoms with E-state index in [-0.39, 0.29) is 11.4 Å². The van der Waals surface area contributed by atoms with Crippen molar-refractivity contribution in [3.8, 4) is 0 Å². The van der Waals surface area contributed by atoms with Gasteiger partial charge in [-0.05, 0) is 66.8 Å². The molecule has 0 amide bonds. The second-order valence-corrected chi connectivity index (χ2v) is 7.13. The van der Waals surface area contributed by atoms with Crippen molar-refractivity contribution in [1.82, 2.24) is 0 Å². The molecular formula is C17H17F3INO3. The highest BCUT2D eigenvalue weighted by Crippen LogP contribution is 2.33. The minimum Gasteiger partial charge on any atom is -0.394 e. The van der Waals surface area contributed by atoms with E-state index in [0.717, 1.165) is 17.2 Å². The number of hydrogen-bond donors (Lipinski definition) is 2. The average Bonchev–Trinajstić information content (AvgIpc) is 2.55. The van der Waals surface area contributed by atoms with Crippen molar-refractivity contribution in [2.45, 2.75) is 25.6 Å². The third-order valence-electron chi connectivity index (χ3n) is 3.57. The summed E-state index contributed by atoms with van der Waals surface area (Å²) in [6.45, 7) is 2.37. The van der Waals surface area contributed by atoms with Crippen LogP contribution in [0.4, 0.5) is 24.5 Å². The summed E-state index contributed by atoms with van der Waals surface area (Å²) < 4.78 is 41.9. The highest BCUT2D eigenvalue weighted by molar-refractivity contribution is 14.1. The van der Waals surface area contributed by atoms with Gasteiger partial charge in [-0.15, -0.1) is 0 Å². The van der Waals surface area contributed by atoms with E-state index in [9.17, 15) is 18.3 Å². The van der Waals surface area contributed by atoms with Crippen molar-refractivity contribution >= 4 is 34.0 Å². The van der Waals surface area contributed by atoms with Crippen molar-refractivity contribution < 1.29 is 28.2 Å². The SMILES string of the molecule is CC(C)(ON(c1ccc(F)c(F)c1)c1ccc(I)cc1F)C(O)CO. The predicted molar refractivity (Wildman–Crippen MR) is 95.9 cm³/mol. The van der Waals surface area contributed by atoms with Crippen molar-refractivity contribution in [2.24, 2.45) is 0 Å². The van der Waals surface area contributed by atoms with E-state index in [2.05, 4.69) is 0 Å². The van der Waals surface area contributed by atoms with Crippen LogP contribution >= 0.6 is 22.6 Å². The molecule has 0 radical (unpaired) electrons. The summed E-state index contributed by atoms with van der Waals surface area (Å²) in [6, 6.07) is 7.25. The molecule has 0 saturated heterocycles. The summed E-state index contributed by atoms with van der Waals surface area (Å²) in [6.07, 6.45) is -1.28. The molecule has 0 aliphatic rings. The summed E-state index contributed by atoms with van der Waals surface area (Å²) in [5.41, 5.74) is -1.36. The Labute approximate surface area is 156 Å². The van der Waals surface area contributed by atoms with Crippen LogP contribution in [0.15, 0.2) is 36.4 Å². The average molecular weight is 467 g/mol. The first kappa shape index (κ1) is 20.0. The van der Waals surface area contributed by atoms with Crippen molar-refractivity contribution in [3.05, 3.63) is 57.4 Å². The second kappa shape index (κ2) is 7.90. The van der Waals surface area contributed by atoms with Gasteiger partial charge in [0, 0.05) is 9.64 Å². The molecule has 0 aliphatic heterocycles. The fraction of sp³-hybridized carbons (Fsp3) is 0.294. The zero-order chi connectivity index (χ0) is 18.8. The molecule has 136 valence electrons. The van der Waals surface area contributed by atoms with E-state index in [1.54, 1.807) is 6.07 Å². The van der Waals surface area contributed by atoms with Crippen molar-refractivity contribution in [3.63, 3.8) is 0 Å². The fourth-order valence-electron chi connectivity index (χ4n) is 2.01. The Morgan fingerprint density at radius 3 is 2.32 bits per heavy atom. The van der Waals surface area contributed by atoms with E-state index in [1.165, 1.54) is 32.0 Å². The molecule has 0 bridgehead atoms. The van der Waals surface area contributed by atoms with Crippen LogP contribution in [-0.4, -0.2) is 28.5 Å². The highest BCUT2D eigenvalue weighted by Gasteiger charge is 2.33. The third kappa shape index (κ3) is 4.63. The number of aliphatic hydroxyl groups is 2. The number of hydrogen-bond acceptors (Lipinski definition) is 4. The maximum atomic E-state index is 14.4. The van der Waals surface area contributed by atoms with Gasteiger partial charge in [0.25, 0.3) is 0 Å². The summed E-state index contributed by atoms with van der Waals surface area (Å²) in [5, 5.41) is 20.0. The van der Waals surface area contributed by atoms with Crippen LogP contribution in [-0.2, 0) is 4.84 Å². The first-order chi connectivity index (χ1) is 11.7. The lowest BCUT2D eigenvalue weighted by molar-refractivity contribution is -0.116. The smallest absolute Gasteiger partial charge is 0.160 e. The van der Waals surface area contributed by atoms with Crippen LogP contribution in [0.2, 0.25) is 0 Å². The Bertz CT molecular complexity index is 758. The molecule has 8 heteroatoms. The molecule has 25 heavy (non-hydrogen) atoms. The monoisotopic (exact) mass is 467 g/mol. The fourth-order valence-corrected chi connectivity index (χ4v) is 2.47. The molecular weight excluding hydrogens is 450 g/mol. The molecule has 4 nitrogen and oxygen atoms in total. The predicted octanol–water partition coefficient (Wildman–Crippen LogP) is 3.91. The Morgan fingerprint density at radius 2 is 1.76 bits per heavy atom. The molecule has 1 atom stereocenters. The van der Waals surface area contributed by atoms with Gasteiger partial charge >= 0.3 is 0 Å². The van der Waals surface area contributed by atoms with Gasteiger partial charge in [0.05, 0.1) is 12.3 Å². The van der Waals surface area contributed by atoms with Gasteiger partial charge in [0.15, 0.2) is 11.6 Å². The van der Waals surface area contributed by atoms with Gasteiger partial charge in [-0.25, -0.2) is 18.2 Å². The molecule has 0 saturated carbocycles. The Balaban J connectivity index is 2.53. The largest absolute Gasteiger partial charge is 0.394 e. The molecule has 0 spiro atoms. The zero-order valence-corrected chi connectivity index (χ0v) is 15.7. The second-order valence-electron chi connectivity index (χ2n) is 5.88. The van der Waals surface area contributed by atoms with Gasteiger partial charge in [0.1, 0.15) is 23.2 Å². The molecule has 0 aliphatic carbocycles. The zero-order valence-electron chi connectivity index (χ0n) is 13.5. The number of benzene rings is 2. The minimum absolute atomic E-state index is 0.0252. The maximum Gasteiger partial charge on any atom is 0.160 e. The van der Waals surface area contributed by atoms with Gasteiger partial charge in [-0.2, -0.15) is 0 Å². The van der Waals surface area contributed by atoms with E-state index < -0.39 is 35.8 Å². The summed E-state index contributed by atoms with van der Waals surface area (Å²) in [7, 11) is 0. The van der Waals surface area contributed by atoms with Gasteiger partial charge < -0.3 is 10.2 Å². The van der Waals surface area contributed by atoms with Crippen LogP contribution in [0.25, 0.3) is 0 Å². The molecule has 2 N–H and O–H groups in total. The first-order valence-electron chi connectivity index (χ1n) is 7.34. The summed E-state index contributed by atoms with van der Waals surface area (Å²) in [4.78, 5) is 5.67. The van der Waals surface area contributed by atoms with Gasteiger partial charge in [-0.3, -0.25) is 4.84 Å². The number of anilines is 2.